The van der Waals surface area contributed by atoms with Crippen molar-refractivity contribution in [2.45, 2.75) is 24.3 Å². The van der Waals surface area contributed by atoms with Gasteiger partial charge in [-0.15, -0.1) is 11.8 Å². The SMILES string of the molecule is CCNC(=NCCSc1ccc(F)cc1)N1CC[C@@H](O)C1. The fourth-order valence-electron chi connectivity index (χ4n) is 2.21. The molecule has 116 valence electrons. The molecule has 1 saturated heterocycles. The van der Waals surface area contributed by atoms with Crippen LogP contribution in [0.5, 0.6) is 0 Å². The van der Waals surface area contributed by atoms with Crippen LogP contribution in [0.25, 0.3) is 0 Å². The van der Waals surface area contributed by atoms with E-state index in [1.165, 1.54) is 12.1 Å². The van der Waals surface area contributed by atoms with E-state index >= 15 is 0 Å². The van der Waals surface area contributed by atoms with Crippen LogP contribution < -0.4 is 5.32 Å². The summed E-state index contributed by atoms with van der Waals surface area (Å²) in [5.41, 5.74) is 0. The molecule has 4 nitrogen and oxygen atoms in total. The summed E-state index contributed by atoms with van der Waals surface area (Å²) < 4.78 is 12.8. The third-order valence-corrected chi connectivity index (χ3v) is 4.23. The summed E-state index contributed by atoms with van der Waals surface area (Å²) in [4.78, 5) is 7.73. The quantitative estimate of drug-likeness (QED) is 0.378. The minimum atomic E-state index is -0.248. The predicted molar refractivity (Wildman–Crippen MR) is 85.3 cm³/mol. The molecule has 0 saturated carbocycles. The van der Waals surface area contributed by atoms with Crippen molar-refractivity contribution in [3.63, 3.8) is 0 Å². The number of hydrogen-bond acceptors (Lipinski definition) is 3. The molecule has 1 aliphatic heterocycles. The average Bonchev–Trinajstić information content (AvgIpc) is 2.91. The Morgan fingerprint density at radius 3 is 2.86 bits per heavy atom. The Bertz CT molecular complexity index is 466. The van der Waals surface area contributed by atoms with Gasteiger partial charge in [0.05, 0.1) is 12.6 Å². The zero-order valence-corrected chi connectivity index (χ0v) is 13.1. The summed E-state index contributed by atoms with van der Waals surface area (Å²) >= 11 is 1.66. The molecule has 0 radical (unpaired) electrons. The van der Waals surface area contributed by atoms with E-state index in [2.05, 4.69) is 15.2 Å². The number of benzene rings is 1. The normalized spacial score (nSPS) is 19.1. The summed E-state index contributed by atoms with van der Waals surface area (Å²) in [6, 6.07) is 6.51. The fraction of sp³-hybridized carbons (Fsp3) is 0.533. The first kappa shape index (κ1) is 16.1. The lowest BCUT2D eigenvalue weighted by Crippen LogP contribution is -2.40. The van der Waals surface area contributed by atoms with Crippen molar-refractivity contribution in [1.29, 1.82) is 0 Å². The van der Waals surface area contributed by atoms with Gasteiger partial charge in [0.25, 0.3) is 0 Å². The van der Waals surface area contributed by atoms with Gasteiger partial charge in [0.2, 0.25) is 0 Å². The van der Waals surface area contributed by atoms with Crippen LogP contribution in [0.1, 0.15) is 13.3 Å². The summed E-state index contributed by atoms with van der Waals surface area (Å²) in [5.74, 6) is 1.50. The van der Waals surface area contributed by atoms with Crippen molar-refractivity contribution in [3.8, 4) is 0 Å². The van der Waals surface area contributed by atoms with Crippen molar-refractivity contribution < 1.29 is 9.50 Å². The van der Waals surface area contributed by atoms with Gasteiger partial charge in [0.1, 0.15) is 5.82 Å². The van der Waals surface area contributed by atoms with Crippen LogP contribution >= 0.6 is 11.8 Å². The maximum absolute atomic E-state index is 12.8. The Morgan fingerprint density at radius 1 is 1.48 bits per heavy atom. The molecule has 1 fully saturated rings. The van der Waals surface area contributed by atoms with Crippen LogP contribution in [0.4, 0.5) is 4.39 Å². The van der Waals surface area contributed by atoms with Gasteiger partial charge in [-0.05, 0) is 37.6 Å². The molecule has 6 heteroatoms. The van der Waals surface area contributed by atoms with E-state index in [1.54, 1.807) is 23.9 Å². The number of aliphatic imine (C=N–C) groups is 1. The van der Waals surface area contributed by atoms with Crippen LogP contribution in [-0.4, -0.2) is 54.0 Å². The van der Waals surface area contributed by atoms with Gasteiger partial charge < -0.3 is 15.3 Å². The maximum atomic E-state index is 12.8. The number of guanidine groups is 1. The van der Waals surface area contributed by atoms with Gasteiger partial charge in [-0.2, -0.15) is 0 Å². The first-order chi connectivity index (χ1) is 10.2. The number of thioether (sulfide) groups is 1. The molecule has 1 aliphatic rings. The first-order valence-electron chi connectivity index (χ1n) is 7.28. The molecule has 0 bridgehead atoms. The van der Waals surface area contributed by atoms with Gasteiger partial charge in [-0.1, -0.05) is 0 Å². The Balaban J connectivity index is 1.81. The minimum Gasteiger partial charge on any atom is -0.391 e. The lowest BCUT2D eigenvalue weighted by molar-refractivity contribution is 0.188. The van der Waals surface area contributed by atoms with Crippen LogP contribution in [0.3, 0.4) is 0 Å². The standard InChI is InChI=1S/C15H22FN3OS/c1-2-17-15(19-9-7-13(20)11-19)18-8-10-21-14-5-3-12(16)4-6-14/h3-6,13,20H,2,7-11H2,1H3,(H,17,18)/t13-/m1/s1. The molecule has 1 aromatic carbocycles. The van der Waals surface area contributed by atoms with E-state index in [4.69, 9.17) is 0 Å². The fourth-order valence-corrected chi connectivity index (χ4v) is 2.95. The number of halogens is 1. The number of aliphatic hydroxyl groups is 1. The molecule has 0 aromatic heterocycles. The largest absolute Gasteiger partial charge is 0.391 e. The highest BCUT2D eigenvalue weighted by molar-refractivity contribution is 7.99. The highest BCUT2D eigenvalue weighted by Gasteiger charge is 2.22. The van der Waals surface area contributed by atoms with E-state index in [9.17, 15) is 9.50 Å². The van der Waals surface area contributed by atoms with E-state index in [0.717, 1.165) is 36.1 Å². The van der Waals surface area contributed by atoms with Crippen molar-refractivity contribution in [2.75, 3.05) is 31.9 Å². The number of likely N-dealkylation sites (tertiary alicyclic amines) is 1. The zero-order chi connectivity index (χ0) is 15.1. The minimum absolute atomic E-state index is 0.209. The zero-order valence-electron chi connectivity index (χ0n) is 12.3. The van der Waals surface area contributed by atoms with E-state index in [0.29, 0.717) is 13.1 Å². The topological polar surface area (TPSA) is 47.9 Å². The second-order valence-corrected chi connectivity index (χ2v) is 6.09. The van der Waals surface area contributed by atoms with Crippen molar-refractivity contribution in [1.82, 2.24) is 10.2 Å². The molecule has 1 heterocycles. The molecule has 0 amide bonds. The smallest absolute Gasteiger partial charge is 0.194 e. The number of β-amino-alcohol motifs (C(OH)–C–C–N with tert-alkyl or cyclic N) is 1. The highest BCUT2D eigenvalue weighted by atomic mass is 32.2. The predicted octanol–water partition coefficient (Wildman–Crippen LogP) is 1.95. The third-order valence-electron chi connectivity index (χ3n) is 3.23. The van der Waals surface area contributed by atoms with E-state index in [-0.39, 0.29) is 11.9 Å². The van der Waals surface area contributed by atoms with Gasteiger partial charge >= 0.3 is 0 Å². The van der Waals surface area contributed by atoms with Crippen molar-refractivity contribution >= 4 is 17.7 Å². The van der Waals surface area contributed by atoms with E-state index < -0.39 is 0 Å². The van der Waals surface area contributed by atoms with Gasteiger partial charge in [0, 0.05) is 30.3 Å². The highest BCUT2D eigenvalue weighted by Crippen LogP contribution is 2.17. The average molecular weight is 311 g/mol. The Hall–Kier alpha value is -1.27. The molecule has 0 spiro atoms. The number of hydrogen-bond donors (Lipinski definition) is 2. The van der Waals surface area contributed by atoms with Gasteiger partial charge in [-0.25, -0.2) is 4.39 Å². The molecule has 1 aromatic rings. The summed E-state index contributed by atoms with van der Waals surface area (Å²) in [5, 5.41) is 12.9. The van der Waals surface area contributed by atoms with E-state index in [1.807, 2.05) is 6.92 Å². The molecule has 2 rings (SSSR count). The van der Waals surface area contributed by atoms with Gasteiger partial charge in [-0.3, -0.25) is 4.99 Å². The molecular formula is C15H22FN3OS. The molecule has 21 heavy (non-hydrogen) atoms. The second kappa shape index (κ2) is 8.24. The Kier molecular flexibility index (Phi) is 6.32. The molecule has 2 N–H and O–H groups in total. The number of nitrogens with one attached hydrogen (secondary N) is 1. The third kappa shape index (κ3) is 5.21. The first-order valence-corrected chi connectivity index (χ1v) is 8.27. The Labute approximate surface area is 129 Å². The number of aliphatic hydroxyl groups excluding tert-OH is 1. The van der Waals surface area contributed by atoms with Crippen LogP contribution in [0, 0.1) is 5.82 Å². The summed E-state index contributed by atoms with van der Waals surface area (Å²) in [6.07, 6.45) is 0.553. The lowest BCUT2D eigenvalue weighted by atomic mass is 10.3. The number of rotatable bonds is 5. The van der Waals surface area contributed by atoms with Crippen molar-refractivity contribution in [2.24, 2.45) is 4.99 Å². The molecule has 1 atom stereocenters. The summed E-state index contributed by atoms with van der Waals surface area (Å²) in [7, 11) is 0. The van der Waals surface area contributed by atoms with Gasteiger partial charge in [0.15, 0.2) is 5.96 Å². The Morgan fingerprint density at radius 2 is 2.24 bits per heavy atom. The van der Waals surface area contributed by atoms with Crippen LogP contribution in [-0.2, 0) is 0 Å². The monoisotopic (exact) mass is 311 g/mol. The van der Waals surface area contributed by atoms with Crippen LogP contribution in [0.15, 0.2) is 34.2 Å². The molecular weight excluding hydrogens is 289 g/mol. The molecule has 0 unspecified atom stereocenters. The lowest BCUT2D eigenvalue weighted by Gasteiger charge is -2.20. The molecule has 0 aliphatic carbocycles. The second-order valence-electron chi connectivity index (χ2n) is 4.93. The summed E-state index contributed by atoms with van der Waals surface area (Å²) in [6.45, 7) is 5.04. The van der Waals surface area contributed by atoms with Crippen molar-refractivity contribution in [3.05, 3.63) is 30.1 Å². The van der Waals surface area contributed by atoms with Crippen LogP contribution in [0.2, 0.25) is 0 Å². The number of nitrogens with zero attached hydrogens (tertiary/aromatic N) is 2. The maximum Gasteiger partial charge on any atom is 0.194 e.